The number of carboxylic acids is 1. The van der Waals surface area contributed by atoms with Gasteiger partial charge in [-0.1, -0.05) is 0 Å². The van der Waals surface area contributed by atoms with Crippen molar-refractivity contribution in [2.45, 2.75) is 32.5 Å². The number of halogens is 3. The maximum atomic E-state index is 13.4. The first-order chi connectivity index (χ1) is 9.70. The van der Waals surface area contributed by atoms with Crippen LogP contribution in [0.2, 0.25) is 0 Å². The van der Waals surface area contributed by atoms with Gasteiger partial charge in [0, 0.05) is 30.4 Å². The summed E-state index contributed by atoms with van der Waals surface area (Å²) in [4.78, 5) is 11.3. The van der Waals surface area contributed by atoms with Crippen LogP contribution in [0.1, 0.15) is 25.6 Å². The minimum Gasteiger partial charge on any atom is -0.481 e. The van der Waals surface area contributed by atoms with Crippen LogP contribution < -0.4 is 5.32 Å². The van der Waals surface area contributed by atoms with Crippen molar-refractivity contribution in [2.24, 2.45) is 11.3 Å². The van der Waals surface area contributed by atoms with Crippen LogP contribution >= 0.6 is 0 Å². The van der Waals surface area contributed by atoms with Crippen LogP contribution in [0.25, 0.3) is 0 Å². The molecule has 21 heavy (non-hydrogen) atoms. The van der Waals surface area contributed by atoms with Gasteiger partial charge in [0.25, 0.3) is 0 Å². The molecule has 2 atom stereocenters. The summed E-state index contributed by atoms with van der Waals surface area (Å²) in [5, 5.41) is 15.9. The Morgan fingerprint density at radius 1 is 1.62 bits per heavy atom. The molecule has 1 saturated heterocycles. The van der Waals surface area contributed by atoms with E-state index in [1.807, 2.05) is 13.8 Å². The lowest BCUT2D eigenvalue weighted by Crippen LogP contribution is -2.51. The number of aliphatic carboxylic acids is 1. The van der Waals surface area contributed by atoms with Crippen molar-refractivity contribution in [3.05, 3.63) is 18.0 Å². The number of nitrogens with zero attached hydrogens (tertiary/aromatic N) is 2. The van der Waals surface area contributed by atoms with Crippen molar-refractivity contribution in [1.29, 1.82) is 0 Å². The summed E-state index contributed by atoms with van der Waals surface area (Å²) >= 11 is 0. The molecule has 2 rings (SSSR count). The standard InChI is InChI=1S/C13H18F3N3O2/c1-8(2)19-10(3-4-18-19)5-9-6-17-7-12(9,11(20)21)13(14,15)16/h3-4,8-9,17H,5-7H2,1-2H3,(H,20,21)/t9-,12+/m0/s1. The molecule has 0 saturated carbocycles. The highest BCUT2D eigenvalue weighted by atomic mass is 19.4. The van der Waals surface area contributed by atoms with Gasteiger partial charge in [-0.2, -0.15) is 18.3 Å². The highest BCUT2D eigenvalue weighted by Gasteiger charge is 2.66. The maximum Gasteiger partial charge on any atom is 0.406 e. The second-order valence-electron chi connectivity index (χ2n) is 5.67. The van der Waals surface area contributed by atoms with Gasteiger partial charge in [0.1, 0.15) is 0 Å². The molecule has 0 amide bonds. The van der Waals surface area contributed by atoms with Gasteiger partial charge in [0.05, 0.1) is 0 Å². The molecular weight excluding hydrogens is 287 g/mol. The molecule has 1 fully saturated rings. The van der Waals surface area contributed by atoms with Crippen molar-refractivity contribution in [2.75, 3.05) is 13.1 Å². The highest BCUT2D eigenvalue weighted by molar-refractivity contribution is 5.77. The first-order valence-corrected chi connectivity index (χ1v) is 6.73. The largest absolute Gasteiger partial charge is 0.481 e. The van der Waals surface area contributed by atoms with E-state index in [1.54, 1.807) is 10.7 Å². The van der Waals surface area contributed by atoms with Crippen molar-refractivity contribution in [3.8, 4) is 0 Å². The topological polar surface area (TPSA) is 67.2 Å². The summed E-state index contributed by atoms with van der Waals surface area (Å²) in [6, 6.07) is 1.65. The zero-order valence-electron chi connectivity index (χ0n) is 11.8. The van der Waals surface area contributed by atoms with Gasteiger partial charge in [-0.3, -0.25) is 9.48 Å². The minimum atomic E-state index is -4.80. The number of nitrogens with one attached hydrogen (secondary N) is 1. The lowest BCUT2D eigenvalue weighted by atomic mass is 9.75. The van der Waals surface area contributed by atoms with Gasteiger partial charge in [0.15, 0.2) is 5.41 Å². The zero-order valence-corrected chi connectivity index (χ0v) is 11.8. The summed E-state index contributed by atoms with van der Waals surface area (Å²) in [6.07, 6.45) is -3.25. The molecule has 2 heterocycles. The lowest BCUT2D eigenvalue weighted by molar-refractivity contribution is -0.236. The summed E-state index contributed by atoms with van der Waals surface area (Å²) in [5.74, 6) is -2.87. The van der Waals surface area contributed by atoms with Crippen LogP contribution in [0.5, 0.6) is 0 Å². The molecule has 0 aliphatic carbocycles. The molecule has 0 spiro atoms. The Balaban J connectivity index is 2.34. The molecule has 8 heteroatoms. The van der Waals surface area contributed by atoms with E-state index < -0.39 is 30.0 Å². The average molecular weight is 305 g/mol. The van der Waals surface area contributed by atoms with Gasteiger partial charge >= 0.3 is 12.1 Å². The molecule has 2 N–H and O–H groups in total. The Hall–Kier alpha value is -1.57. The summed E-state index contributed by atoms with van der Waals surface area (Å²) in [7, 11) is 0. The maximum absolute atomic E-state index is 13.4. The van der Waals surface area contributed by atoms with E-state index in [0.717, 1.165) is 0 Å². The van der Waals surface area contributed by atoms with Crippen molar-refractivity contribution in [1.82, 2.24) is 15.1 Å². The predicted octanol–water partition coefficient (Wildman–Crippen LogP) is 1.86. The Labute approximate surface area is 120 Å². The zero-order chi connectivity index (χ0) is 15.8. The van der Waals surface area contributed by atoms with Gasteiger partial charge in [-0.05, 0) is 32.9 Å². The van der Waals surface area contributed by atoms with E-state index in [9.17, 15) is 23.1 Å². The molecule has 118 valence electrons. The Bertz CT molecular complexity index is 527. The number of alkyl halides is 3. The summed E-state index contributed by atoms with van der Waals surface area (Å²) < 4.78 is 41.7. The van der Waals surface area contributed by atoms with Crippen molar-refractivity contribution in [3.63, 3.8) is 0 Å². The number of hydrogen-bond acceptors (Lipinski definition) is 3. The molecule has 1 aromatic heterocycles. The SMILES string of the molecule is CC(C)n1nccc1C[C@H]1CNC[C@@]1(C(=O)O)C(F)(F)F. The molecule has 1 aliphatic heterocycles. The van der Waals surface area contributed by atoms with E-state index in [0.29, 0.717) is 5.69 Å². The molecule has 0 aromatic carbocycles. The minimum absolute atomic E-state index is 0.00878. The van der Waals surface area contributed by atoms with Crippen LogP contribution in [-0.4, -0.2) is 40.1 Å². The Morgan fingerprint density at radius 3 is 2.81 bits per heavy atom. The van der Waals surface area contributed by atoms with E-state index in [2.05, 4.69) is 10.4 Å². The molecule has 1 aliphatic rings. The molecule has 1 aromatic rings. The van der Waals surface area contributed by atoms with Gasteiger partial charge in [-0.15, -0.1) is 0 Å². The van der Waals surface area contributed by atoms with Crippen LogP contribution in [0.4, 0.5) is 13.2 Å². The fourth-order valence-electron chi connectivity index (χ4n) is 2.93. The van der Waals surface area contributed by atoms with Crippen molar-refractivity contribution >= 4 is 5.97 Å². The number of hydrogen-bond donors (Lipinski definition) is 2. The smallest absolute Gasteiger partial charge is 0.406 e. The summed E-state index contributed by atoms with van der Waals surface area (Å²) in [5.41, 5.74) is -2.12. The van der Waals surface area contributed by atoms with Crippen LogP contribution in [0.15, 0.2) is 12.3 Å². The van der Waals surface area contributed by atoms with E-state index in [1.165, 1.54) is 6.20 Å². The lowest BCUT2D eigenvalue weighted by Gasteiger charge is -2.32. The number of aromatic nitrogens is 2. The molecule has 0 bridgehead atoms. The first kappa shape index (κ1) is 15.8. The normalized spacial score (nSPS) is 26.5. The molecular formula is C13H18F3N3O2. The number of carbonyl (C=O) groups is 1. The highest BCUT2D eigenvalue weighted by Crippen LogP contribution is 2.47. The fourth-order valence-corrected chi connectivity index (χ4v) is 2.93. The number of carboxylic acid groups (broad SMARTS) is 1. The number of rotatable bonds is 4. The van der Waals surface area contributed by atoms with Gasteiger partial charge in [-0.25, -0.2) is 0 Å². The Kier molecular flexibility index (Phi) is 4.01. The van der Waals surface area contributed by atoms with Crippen LogP contribution in [-0.2, 0) is 11.2 Å². The first-order valence-electron chi connectivity index (χ1n) is 6.73. The third kappa shape index (κ3) is 2.52. The third-order valence-electron chi connectivity index (χ3n) is 4.08. The fraction of sp³-hybridized carbons (Fsp3) is 0.692. The molecule has 5 nitrogen and oxygen atoms in total. The molecule has 0 unspecified atom stereocenters. The quantitative estimate of drug-likeness (QED) is 0.891. The average Bonchev–Trinajstić information content (AvgIpc) is 2.95. The molecule has 0 radical (unpaired) electrons. The Morgan fingerprint density at radius 2 is 2.29 bits per heavy atom. The second-order valence-corrected chi connectivity index (χ2v) is 5.67. The van der Waals surface area contributed by atoms with Crippen LogP contribution in [0.3, 0.4) is 0 Å². The summed E-state index contributed by atoms with van der Waals surface area (Å²) in [6.45, 7) is 3.18. The van der Waals surface area contributed by atoms with E-state index in [4.69, 9.17) is 0 Å². The third-order valence-corrected chi connectivity index (χ3v) is 4.08. The monoisotopic (exact) mass is 305 g/mol. The van der Waals surface area contributed by atoms with Crippen LogP contribution in [0, 0.1) is 11.3 Å². The van der Waals surface area contributed by atoms with E-state index >= 15 is 0 Å². The van der Waals surface area contributed by atoms with Crippen molar-refractivity contribution < 1.29 is 23.1 Å². The second kappa shape index (κ2) is 5.32. The van der Waals surface area contributed by atoms with Gasteiger partial charge in [0.2, 0.25) is 0 Å². The van der Waals surface area contributed by atoms with Gasteiger partial charge < -0.3 is 10.4 Å². The van der Waals surface area contributed by atoms with E-state index in [-0.39, 0.29) is 19.0 Å². The predicted molar refractivity (Wildman–Crippen MR) is 68.8 cm³/mol.